The highest BCUT2D eigenvalue weighted by Gasteiger charge is 2.33. The van der Waals surface area contributed by atoms with Crippen molar-refractivity contribution in [2.75, 3.05) is 12.4 Å². The number of methoxy groups -OCH3 is 1. The number of aromatic amines is 1. The molecule has 0 bridgehead atoms. The number of H-pyrrole nitrogens is 1. The highest BCUT2D eigenvalue weighted by atomic mass is 19.4. The Labute approximate surface area is 170 Å². The average Bonchev–Trinajstić information content (AvgIpc) is 3.14. The van der Waals surface area contributed by atoms with Crippen molar-refractivity contribution in [2.45, 2.75) is 19.1 Å². The Kier molecular flexibility index (Phi) is 5.26. The fraction of sp³-hybridized carbons (Fsp3) is 0.190. The van der Waals surface area contributed by atoms with Crippen molar-refractivity contribution in [3.8, 4) is 5.75 Å². The highest BCUT2D eigenvalue weighted by molar-refractivity contribution is 5.81. The first kappa shape index (κ1) is 19.7. The van der Waals surface area contributed by atoms with Crippen molar-refractivity contribution in [3.63, 3.8) is 0 Å². The zero-order valence-electron chi connectivity index (χ0n) is 16.0. The second-order valence-corrected chi connectivity index (χ2v) is 6.70. The number of hydrogen-bond donors (Lipinski definition) is 2. The van der Waals surface area contributed by atoms with Gasteiger partial charge in [0.1, 0.15) is 17.2 Å². The summed E-state index contributed by atoms with van der Waals surface area (Å²) in [7, 11) is 1.59. The topological polar surface area (TPSA) is 75.7 Å². The number of ether oxygens (including phenoxy) is 1. The van der Waals surface area contributed by atoms with E-state index in [0.717, 1.165) is 34.4 Å². The van der Waals surface area contributed by atoms with Crippen LogP contribution in [0.2, 0.25) is 0 Å². The fourth-order valence-corrected chi connectivity index (χ4v) is 3.18. The molecule has 0 aliphatic carbocycles. The molecule has 2 N–H and O–H groups in total. The second kappa shape index (κ2) is 8.02. The lowest BCUT2D eigenvalue weighted by atomic mass is 10.1. The molecule has 0 radical (unpaired) electrons. The number of aromatic nitrogens is 4. The Bertz CT molecular complexity index is 1160. The van der Waals surface area contributed by atoms with Gasteiger partial charge >= 0.3 is 6.18 Å². The molecular weight excluding hydrogens is 395 g/mol. The van der Waals surface area contributed by atoms with Gasteiger partial charge < -0.3 is 15.0 Å². The summed E-state index contributed by atoms with van der Waals surface area (Å²) in [6, 6.07) is 6.52. The van der Waals surface area contributed by atoms with E-state index < -0.39 is 11.7 Å². The van der Waals surface area contributed by atoms with Gasteiger partial charge in [-0.2, -0.15) is 13.2 Å². The van der Waals surface area contributed by atoms with Gasteiger partial charge in [0.2, 0.25) is 0 Å². The Balaban J connectivity index is 1.46. The van der Waals surface area contributed by atoms with Gasteiger partial charge in [0, 0.05) is 48.7 Å². The first-order chi connectivity index (χ1) is 14.4. The molecule has 6 nitrogen and oxygen atoms in total. The predicted octanol–water partition coefficient (Wildman–Crippen LogP) is 4.58. The van der Waals surface area contributed by atoms with E-state index in [1.165, 1.54) is 6.20 Å². The van der Waals surface area contributed by atoms with Gasteiger partial charge in [-0.05, 0) is 29.3 Å². The van der Waals surface area contributed by atoms with Crippen LogP contribution in [0.25, 0.3) is 11.0 Å². The molecule has 4 aromatic rings. The zero-order chi connectivity index (χ0) is 21.1. The third-order valence-corrected chi connectivity index (χ3v) is 4.72. The van der Waals surface area contributed by atoms with Crippen LogP contribution in [-0.2, 0) is 19.1 Å². The lowest BCUT2D eigenvalue weighted by molar-refractivity contribution is -0.138. The third-order valence-electron chi connectivity index (χ3n) is 4.72. The van der Waals surface area contributed by atoms with Gasteiger partial charge in [-0.15, -0.1) is 0 Å². The van der Waals surface area contributed by atoms with Crippen molar-refractivity contribution in [1.29, 1.82) is 0 Å². The van der Waals surface area contributed by atoms with Gasteiger partial charge in [-0.25, -0.2) is 9.97 Å². The fourth-order valence-electron chi connectivity index (χ4n) is 3.18. The molecule has 154 valence electrons. The summed E-state index contributed by atoms with van der Waals surface area (Å²) in [6.45, 7) is -0.0249. The molecule has 0 fully saturated rings. The molecule has 0 spiro atoms. The van der Waals surface area contributed by atoms with Gasteiger partial charge in [-0.3, -0.25) is 4.98 Å². The maximum absolute atomic E-state index is 13.1. The van der Waals surface area contributed by atoms with E-state index in [1.807, 2.05) is 18.3 Å². The first-order valence-electron chi connectivity index (χ1n) is 9.13. The van der Waals surface area contributed by atoms with E-state index in [4.69, 9.17) is 4.74 Å². The number of anilines is 1. The number of hydrogen-bond acceptors (Lipinski definition) is 5. The van der Waals surface area contributed by atoms with Crippen molar-refractivity contribution >= 4 is 16.9 Å². The molecule has 9 heteroatoms. The monoisotopic (exact) mass is 413 g/mol. The van der Waals surface area contributed by atoms with Gasteiger partial charge in [0.25, 0.3) is 0 Å². The summed E-state index contributed by atoms with van der Waals surface area (Å²) in [5.41, 5.74) is 2.14. The summed E-state index contributed by atoms with van der Waals surface area (Å²) < 4.78 is 44.5. The summed E-state index contributed by atoms with van der Waals surface area (Å²) in [4.78, 5) is 15.5. The SMILES string of the molecule is COc1cnc2[nH]cc(Cc3ccc(NCc4cnccc4C(F)(F)F)nc3)c2c1. The normalized spacial score (nSPS) is 11.6. The quantitative estimate of drug-likeness (QED) is 0.484. The van der Waals surface area contributed by atoms with Gasteiger partial charge in [0.05, 0.1) is 18.9 Å². The van der Waals surface area contributed by atoms with Gasteiger partial charge in [-0.1, -0.05) is 6.07 Å². The Morgan fingerprint density at radius 1 is 1.07 bits per heavy atom. The van der Waals surface area contributed by atoms with Crippen molar-refractivity contribution in [2.24, 2.45) is 0 Å². The number of fused-ring (bicyclic) bond motifs is 1. The number of rotatable bonds is 6. The van der Waals surface area contributed by atoms with E-state index in [9.17, 15) is 13.2 Å². The minimum absolute atomic E-state index is 0.0249. The maximum Gasteiger partial charge on any atom is 0.416 e. The van der Waals surface area contributed by atoms with Crippen LogP contribution in [0.3, 0.4) is 0 Å². The molecule has 4 aromatic heterocycles. The van der Waals surface area contributed by atoms with E-state index in [2.05, 4.69) is 25.3 Å². The first-order valence-corrected chi connectivity index (χ1v) is 9.13. The largest absolute Gasteiger partial charge is 0.495 e. The predicted molar refractivity (Wildman–Crippen MR) is 106 cm³/mol. The molecule has 0 atom stereocenters. The van der Waals surface area contributed by atoms with E-state index >= 15 is 0 Å². The molecule has 0 amide bonds. The lowest BCUT2D eigenvalue weighted by Gasteiger charge is -2.13. The van der Waals surface area contributed by atoms with Crippen molar-refractivity contribution in [3.05, 3.63) is 77.5 Å². The Morgan fingerprint density at radius 2 is 1.93 bits per heavy atom. The molecule has 30 heavy (non-hydrogen) atoms. The van der Waals surface area contributed by atoms with Gasteiger partial charge in [0.15, 0.2) is 0 Å². The zero-order valence-corrected chi connectivity index (χ0v) is 16.0. The molecule has 0 aliphatic heterocycles. The van der Waals surface area contributed by atoms with Crippen LogP contribution in [0.15, 0.2) is 55.2 Å². The number of halogens is 3. The van der Waals surface area contributed by atoms with Crippen LogP contribution >= 0.6 is 0 Å². The summed E-state index contributed by atoms with van der Waals surface area (Å²) in [6.07, 6.45) is 3.79. The van der Waals surface area contributed by atoms with E-state index in [1.54, 1.807) is 25.6 Å². The molecule has 0 unspecified atom stereocenters. The molecule has 0 aliphatic rings. The minimum Gasteiger partial charge on any atom is -0.495 e. The van der Waals surface area contributed by atoms with Crippen LogP contribution in [0.1, 0.15) is 22.3 Å². The van der Waals surface area contributed by atoms with Crippen LogP contribution < -0.4 is 10.1 Å². The average molecular weight is 413 g/mol. The molecule has 4 heterocycles. The number of nitrogens with one attached hydrogen (secondary N) is 2. The standard InChI is InChI=1S/C21H18F3N5O/c1-30-16-7-17-14(10-28-20(17)29-12-16)6-13-2-3-19(26-8-13)27-11-15-9-25-5-4-18(15)21(22,23)24/h2-5,7-10,12H,6,11H2,1H3,(H,26,27)(H,28,29). The molecule has 0 aromatic carbocycles. The van der Waals surface area contributed by atoms with E-state index in [-0.39, 0.29) is 12.1 Å². The van der Waals surface area contributed by atoms with Crippen LogP contribution in [-0.4, -0.2) is 27.0 Å². The minimum atomic E-state index is -4.42. The Morgan fingerprint density at radius 3 is 2.67 bits per heavy atom. The summed E-state index contributed by atoms with van der Waals surface area (Å²) in [5, 5.41) is 3.89. The number of alkyl halides is 3. The second-order valence-electron chi connectivity index (χ2n) is 6.70. The molecule has 0 saturated heterocycles. The third kappa shape index (κ3) is 4.19. The molecular formula is C21H18F3N5O. The smallest absolute Gasteiger partial charge is 0.416 e. The Hall–Kier alpha value is -3.62. The van der Waals surface area contributed by atoms with Crippen molar-refractivity contribution < 1.29 is 17.9 Å². The lowest BCUT2D eigenvalue weighted by Crippen LogP contribution is -2.12. The maximum atomic E-state index is 13.1. The van der Waals surface area contributed by atoms with Crippen LogP contribution in [0, 0.1) is 0 Å². The molecule has 0 saturated carbocycles. The van der Waals surface area contributed by atoms with Crippen LogP contribution in [0.5, 0.6) is 5.75 Å². The van der Waals surface area contributed by atoms with Crippen molar-refractivity contribution in [1.82, 2.24) is 19.9 Å². The number of pyridine rings is 3. The number of nitrogens with zero attached hydrogens (tertiary/aromatic N) is 3. The summed E-state index contributed by atoms with van der Waals surface area (Å²) in [5.74, 6) is 1.16. The highest BCUT2D eigenvalue weighted by Crippen LogP contribution is 2.31. The molecule has 4 rings (SSSR count). The van der Waals surface area contributed by atoms with Crippen LogP contribution in [0.4, 0.5) is 19.0 Å². The summed E-state index contributed by atoms with van der Waals surface area (Å²) >= 11 is 0. The van der Waals surface area contributed by atoms with E-state index in [0.29, 0.717) is 18.0 Å².